The zero-order chi connectivity index (χ0) is 19.6. The molecule has 0 aliphatic rings. The molecule has 0 fully saturated rings. The summed E-state index contributed by atoms with van der Waals surface area (Å²) in [6.45, 7) is 3.82. The van der Waals surface area contributed by atoms with E-state index in [1.165, 1.54) is 4.57 Å². The van der Waals surface area contributed by atoms with Gasteiger partial charge >= 0.3 is 0 Å². The summed E-state index contributed by atoms with van der Waals surface area (Å²) in [7, 11) is 0. The number of thiazole rings is 1. The van der Waals surface area contributed by atoms with E-state index >= 15 is 0 Å². The molecular weight excluding hydrogens is 422 g/mol. The van der Waals surface area contributed by atoms with E-state index < -0.39 is 0 Å². The predicted molar refractivity (Wildman–Crippen MR) is 111 cm³/mol. The van der Waals surface area contributed by atoms with Crippen LogP contribution < -0.4 is 14.8 Å². The second-order valence-electron chi connectivity index (χ2n) is 5.95. The lowest BCUT2D eigenvalue weighted by Crippen LogP contribution is -2.31. The third-order valence-corrected chi connectivity index (χ3v) is 5.66. The van der Waals surface area contributed by atoms with E-state index in [1.54, 1.807) is 6.08 Å². The van der Waals surface area contributed by atoms with Crippen LogP contribution in [0.1, 0.15) is 16.7 Å². The van der Waals surface area contributed by atoms with Crippen molar-refractivity contribution in [2.75, 3.05) is 0 Å². The van der Waals surface area contributed by atoms with Crippen LogP contribution >= 0.6 is 27.3 Å². The third-order valence-electron chi connectivity index (χ3n) is 4.07. The summed E-state index contributed by atoms with van der Waals surface area (Å²) in [6.07, 6.45) is 1.78. The van der Waals surface area contributed by atoms with Gasteiger partial charge in [-0.3, -0.25) is 9.36 Å². The number of nitriles is 2. The number of hydrogen-bond donors (Lipinski definition) is 0. The molecule has 0 bridgehead atoms. The van der Waals surface area contributed by atoms with Gasteiger partial charge < -0.3 is 0 Å². The first-order valence-electron chi connectivity index (χ1n) is 8.06. The van der Waals surface area contributed by atoms with Crippen molar-refractivity contribution in [2.24, 2.45) is 0 Å². The summed E-state index contributed by atoms with van der Waals surface area (Å²) in [4.78, 5) is 13.2. The normalized spacial score (nSPS) is 11.1. The molecule has 0 atom stereocenters. The molecule has 27 heavy (non-hydrogen) atoms. The van der Waals surface area contributed by atoms with E-state index in [-0.39, 0.29) is 11.1 Å². The van der Waals surface area contributed by atoms with Crippen molar-refractivity contribution in [1.29, 1.82) is 10.5 Å². The van der Waals surface area contributed by atoms with Gasteiger partial charge in [0.1, 0.15) is 16.8 Å². The van der Waals surface area contributed by atoms with E-state index in [0.717, 1.165) is 32.5 Å². The van der Waals surface area contributed by atoms with Crippen LogP contribution in [-0.2, 0) is 0 Å². The minimum atomic E-state index is -0.240. The fourth-order valence-corrected chi connectivity index (χ4v) is 4.34. The highest BCUT2D eigenvalue weighted by Gasteiger charge is 2.14. The topological polar surface area (TPSA) is 69.6 Å². The molecule has 1 heterocycles. The van der Waals surface area contributed by atoms with Gasteiger partial charge in [0, 0.05) is 4.47 Å². The van der Waals surface area contributed by atoms with Crippen molar-refractivity contribution in [3.05, 3.63) is 83.2 Å². The minimum Gasteiger partial charge on any atom is -0.267 e. The Morgan fingerprint density at radius 3 is 2.33 bits per heavy atom. The average molecular weight is 436 g/mol. The Morgan fingerprint density at radius 1 is 1.11 bits per heavy atom. The SMILES string of the molecule is Cc1cccc(C)c1-n1c(=C(C#N)C#N)s/c(=C/c2cccc(Br)c2)c1=O. The number of para-hydroxylation sites is 1. The van der Waals surface area contributed by atoms with Gasteiger partial charge in [-0.1, -0.05) is 46.3 Å². The number of halogens is 1. The van der Waals surface area contributed by atoms with Crippen LogP contribution in [0.3, 0.4) is 0 Å². The maximum absolute atomic E-state index is 13.2. The van der Waals surface area contributed by atoms with E-state index in [4.69, 9.17) is 0 Å². The van der Waals surface area contributed by atoms with Crippen LogP contribution in [0.2, 0.25) is 0 Å². The largest absolute Gasteiger partial charge is 0.273 e. The fraction of sp³-hybridized carbons (Fsp3) is 0.0952. The quantitative estimate of drug-likeness (QED) is 0.619. The maximum Gasteiger partial charge on any atom is 0.273 e. The molecule has 1 aromatic heterocycles. The molecule has 0 saturated carbocycles. The van der Waals surface area contributed by atoms with E-state index in [9.17, 15) is 15.3 Å². The van der Waals surface area contributed by atoms with Crippen molar-refractivity contribution in [1.82, 2.24) is 4.57 Å². The first-order valence-corrected chi connectivity index (χ1v) is 9.67. The Kier molecular flexibility index (Phi) is 5.41. The predicted octanol–water partition coefficient (Wildman–Crippen LogP) is 3.31. The van der Waals surface area contributed by atoms with Gasteiger partial charge in [0.25, 0.3) is 5.56 Å². The second-order valence-corrected chi connectivity index (χ2v) is 7.90. The monoisotopic (exact) mass is 435 g/mol. The smallest absolute Gasteiger partial charge is 0.267 e. The molecule has 0 saturated heterocycles. The minimum absolute atomic E-state index is 0.0753. The van der Waals surface area contributed by atoms with Crippen molar-refractivity contribution < 1.29 is 0 Å². The van der Waals surface area contributed by atoms with Gasteiger partial charge in [-0.2, -0.15) is 10.5 Å². The highest BCUT2D eigenvalue weighted by molar-refractivity contribution is 9.10. The molecule has 3 aromatic rings. The Hall–Kier alpha value is -2.93. The number of aryl methyl sites for hydroxylation is 2. The van der Waals surface area contributed by atoms with Crippen LogP contribution in [0.4, 0.5) is 0 Å². The molecule has 0 aliphatic carbocycles. The summed E-state index contributed by atoms with van der Waals surface area (Å²) < 4.78 is 3.21. The summed E-state index contributed by atoms with van der Waals surface area (Å²) >= 11 is 4.58. The summed E-state index contributed by atoms with van der Waals surface area (Å²) in [5.74, 6) is 0. The van der Waals surface area contributed by atoms with Crippen LogP contribution in [0.25, 0.3) is 17.3 Å². The number of rotatable bonds is 2. The highest BCUT2D eigenvalue weighted by Crippen LogP contribution is 2.16. The lowest BCUT2D eigenvalue weighted by Gasteiger charge is -2.10. The zero-order valence-corrected chi connectivity index (χ0v) is 17.1. The lowest BCUT2D eigenvalue weighted by molar-refractivity contribution is 0.962. The van der Waals surface area contributed by atoms with Gasteiger partial charge in [-0.05, 0) is 48.7 Å². The summed E-state index contributed by atoms with van der Waals surface area (Å²) in [6, 6.07) is 17.2. The van der Waals surface area contributed by atoms with E-state index in [2.05, 4.69) is 15.9 Å². The molecule has 4 nitrogen and oxygen atoms in total. The maximum atomic E-state index is 13.2. The number of aromatic nitrogens is 1. The molecule has 0 unspecified atom stereocenters. The molecule has 2 aromatic carbocycles. The number of nitrogens with zero attached hydrogens (tertiary/aromatic N) is 3. The Balaban J connectivity index is 2.47. The fourth-order valence-electron chi connectivity index (χ4n) is 2.88. The van der Waals surface area contributed by atoms with Gasteiger partial charge in [0.2, 0.25) is 0 Å². The van der Waals surface area contributed by atoms with Crippen molar-refractivity contribution in [3.63, 3.8) is 0 Å². The van der Waals surface area contributed by atoms with Gasteiger partial charge in [0.15, 0.2) is 5.57 Å². The molecule has 0 spiro atoms. The first-order chi connectivity index (χ1) is 13.0. The number of benzene rings is 2. The molecule has 0 aliphatic heterocycles. The van der Waals surface area contributed by atoms with Gasteiger partial charge in [0.05, 0.1) is 10.2 Å². The zero-order valence-electron chi connectivity index (χ0n) is 14.7. The van der Waals surface area contributed by atoms with Crippen molar-refractivity contribution in [2.45, 2.75) is 13.8 Å². The Labute approximate surface area is 168 Å². The number of hydrogen-bond acceptors (Lipinski definition) is 4. The van der Waals surface area contributed by atoms with Crippen LogP contribution in [-0.4, -0.2) is 4.57 Å². The Bertz CT molecular complexity index is 1270. The second kappa shape index (κ2) is 7.75. The highest BCUT2D eigenvalue weighted by atomic mass is 79.9. The Morgan fingerprint density at radius 2 is 1.74 bits per heavy atom. The molecule has 0 amide bonds. The standard InChI is InChI=1S/C21H14BrN3OS/c1-13-5-3-6-14(2)19(13)25-20(26)18(27-21(25)16(11-23)12-24)10-15-7-4-8-17(22)9-15/h3-10H,1-2H3/b18-10+. The van der Waals surface area contributed by atoms with E-state index in [0.29, 0.717) is 14.9 Å². The first kappa shape index (κ1) is 18.8. The van der Waals surface area contributed by atoms with Crippen molar-refractivity contribution >= 4 is 38.9 Å². The van der Waals surface area contributed by atoms with Crippen LogP contribution in [0, 0.1) is 36.5 Å². The van der Waals surface area contributed by atoms with Crippen LogP contribution in [0.15, 0.2) is 51.7 Å². The molecule has 6 heteroatoms. The van der Waals surface area contributed by atoms with Crippen molar-refractivity contribution in [3.8, 4) is 17.8 Å². The summed E-state index contributed by atoms with van der Waals surface area (Å²) in [5, 5.41) is 18.8. The molecule has 0 N–H and O–H groups in total. The van der Waals surface area contributed by atoms with Gasteiger partial charge in [-0.25, -0.2) is 0 Å². The molecule has 0 radical (unpaired) electrons. The van der Waals surface area contributed by atoms with Gasteiger partial charge in [-0.15, -0.1) is 11.3 Å². The lowest BCUT2D eigenvalue weighted by atomic mass is 10.1. The molecule has 132 valence electrons. The van der Waals surface area contributed by atoms with Crippen LogP contribution in [0.5, 0.6) is 0 Å². The molecular formula is C21H14BrN3OS. The average Bonchev–Trinajstić information content (AvgIpc) is 2.93. The van der Waals surface area contributed by atoms with E-state index in [1.807, 2.05) is 68.5 Å². The molecule has 3 rings (SSSR count). The summed E-state index contributed by atoms with van der Waals surface area (Å²) in [5.41, 5.74) is 3.06. The third kappa shape index (κ3) is 3.64.